The topological polar surface area (TPSA) is 71.4 Å². The summed E-state index contributed by atoms with van der Waals surface area (Å²) in [5.41, 5.74) is 2.00. The van der Waals surface area contributed by atoms with Crippen LogP contribution in [0.4, 0.5) is 0 Å². The van der Waals surface area contributed by atoms with Crippen molar-refractivity contribution in [3.05, 3.63) is 29.8 Å². The highest BCUT2D eigenvalue weighted by atomic mass is 15.4. The second-order valence-electron chi connectivity index (χ2n) is 3.07. The van der Waals surface area contributed by atoms with Crippen molar-refractivity contribution >= 4 is 0 Å². The van der Waals surface area contributed by atoms with E-state index in [4.69, 9.17) is 0 Å². The van der Waals surface area contributed by atoms with Crippen LogP contribution in [0.2, 0.25) is 0 Å². The zero-order chi connectivity index (χ0) is 9.80. The highest BCUT2D eigenvalue weighted by Gasteiger charge is 1.97. The zero-order valence-electron chi connectivity index (χ0n) is 7.94. The first-order valence-electron chi connectivity index (χ1n) is 4.39. The Kier molecular flexibility index (Phi) is 2.55. The van der Waals surface area contributed by atoms with Crippen molar-refractivity contribution in [3.8, 4) is 0 Å². The van der Waals surface area contributed by atoms with E-state index in [0.717, 1.165) is 17.9 Å². The van der Waals surface area contributed by atoms with Crippen LogP contribution in [0.5, 0.6) is 0 Å². The number of nitrogens with zero attached hydrogens (tertiary/aromatic N) is 4. The summed E-state index contributed by atoms with van der Waals surface area (Å²) in [6, 6.07) is 1.93. The van der Waals surface area contributed by atoms with E-state index in [0.29, 0.717) is 6.54 Å². The summed E-state index contributed by atoms with van der Waals surface area (Å²) in [5.74, 6) is 0. The van der Waals surface area contributed by atoms with Gasteiger partial charge in [0.05, 0.1) is 5.69 Å². The third-order valence-electron chi connectivity index (χ3n) is 1.83. The number of hydrogen-bond donors (Lipinski definition) is 2. The second kappa shape index (κ2) is 4.01. The van der Waals surface area contributed by atoms with Crippen LogP contribution in [-0.2, 0) is 20.1 Å². The average molecular weight is 192 g/mol. The molecule has 6 nitrogen and oxygen atoms in total. The molecular formula is C8H12N6. The minimum absolute atomic E-state index is 0.715. The van der Waals surface area contributed by atoms with Crippen molar-refractivity contribution in [2.24, 2.45) is 7.05 Å². The Bertz CT molecular complexity index is 376. The van der Waals surface area contributed by atoms with Crippen LogP contribution in [0.3, 0.4) is 0 Å². The van der Waals surface area contributed by atoms with Gasteiger partial charge in [-0.1, -0.05) is 5.21 Å². The summed E-state index contributed by atoms with van der Waals surface area (Å²) in [6.07, 6.45) is 3.62. The molecule has 74 valence electrons. The maximum absolute atomic E-state index is 3.96. The van der Waals surface area contributed by atoms with Crippen molar-refractivity contribution in [1.29, 1.82) is 0 Å². The number of aromatic nitrogens is 5. The van der Waals surface area contributed by atoms with E-state index >= 15 is 0 Å². The summed E-state index contributed by atoms with van der Waals surface area (Å²) in [5, 5.41) is 17.8. The molecule has 0 fully saturated rings. The minimum atomic E-state index is 0.715. The highest BCUT2D eigenvalue weighted by Crippen LogP contribution is 1.93. The Morgan fingerprint density at radius 1 is 1.50 bits per heavy atom. The van der Waals surface area contributed by atoms with Crippen molar-refractivity contribution in [2.45, 2.75) is 13.1 Å². The van der Waals surface area contributed by atoms with E-state index in [-0.39, 0.29) is 0 Å². The smallest absolute Gasteiger partial charge is 0.0964 e. The third-order valence-corrected chi connectivity index (χ3v) is 1.83. The highest BCUT2D eigenvalue weighted by molar-refractivity contribution is 4.97. The summed E-state index contributed by atoms with van der Waals surface area (Å²) >= 11 is 0. The molecule has 2 N–H and O–H groups in total. The van der Waals surface area contributed by atoms with E-state index in [2.05, 4.69) is 25.8 Å². The van der Waals surface area contributed by atoms with Gasteiger partial charge in [0.2, 0.25) is 0 Å². The molecule has 6 heteroatoms. The van der Waals surface area contributed by atoms with Crippen molar-refractivity contribution < 1.29 is 0 Å². The fourth-order valence-corrected chi connectivity index (χ4v) is 1.18. The van der Waals surface area contributed by atoms with Gasteiger partial charge in [0.25, 0.3) is 0 Å². The predicted octanol–water partition coefficient (Wildman–Crippen LogP) is -0.172. The molecular weight excluding hydrogens is 180 g/mol. The molecule has 0 aromatic carbocycles. The lowest BCUT2D eigenvalue weighted by Crippen LogP contribution is -2.13. The second-order valence-corrected chi connectivity index (χ2v) is 3.07. The minimum Gasteiger partial charge on any atom is -0.305 e. The molecule has 2 heterocycles. The van der Waals surface area contributed by atoms with Gasteiger partial charge in [-0.05, 0) is 6.07 Å². The molecule has 0 unspecified atom stereocenters. The Hall–Kier alpha value is -1.69. The Morgan fingerprint density at radius 2 is 2.43 bits per heavy atom. The van der Waals surface area contributed by atoms with E-state index in [9.17, 15) is 0 Å². The molecule has 14 heavy (non-hydrogen) atoms. The fourth-order valence-electron chi connectivity index (χ4n) is 1.18. The molecule has 2 aromatic rings. The first kappa shape index (κ1) is 8.89. The average Bonchev–Trinajstić information content (AvgIpc) is 2.77. The van der Waals surface area contributed by atoms with Gasteiger partial charge in [-0.2, -0.15) is 5.10 Å². The van der Waals surface area contributed by atoms with Gasteiger partial charge in [0.15, 0.2) is 0 Å². The van der Waals surface area contributed by atoms with Crippen LogP contribution >= 0.6 is 0 Å². The Morgan fingerprint density at radius 3 is 3.07 bits per heavy atom. The van der Waals surface area contributed by atoms with E-state index < -0.39 is 0 Å². The predicted molar refractivity (Wildman–Crippen MR) is 50.1 cm³/mol. The normalized spacial score (nSPS) is 10.6. The summed E-state index contributed by atoms with van der Waals surface area (Å²) in [7, 11) is 1.85. The molecule has 0 aliphatic rings. The summed E-state index contributed by atoms with van der Waals surface area (Å²) in [4.78, 5) is 0. The third kappa shape index (κ3) is 2.17. The number of hydrogen-bond acceptors (Lipinski definition) is 4. The number of H-pyrrole nitrogens is 1. The van der Waals surface area contributed by atoms with Crippen molar-refractivity contribution in [3.63, 3.8) is 0 Å². The lowest BCUT2D eigenvalue weighted by molar-refractivity contribution is 0.661. The molecule has 0 atom stereocenters. The molecule has 0 radical (unpaired) electrons. The van der Waals surface area contributed by atoms with E-state index in [1.165, 1.54) is 0 Å². The number of aromatic amines is 1. The monoisotopic (exact) mass is 192 g/mol. The quantitative estimate of drug-likeness (QED) is 0.705. The lowest BCUT2D eigenvalue weighted by atomic mass is 10.4. The number of nitrogens with one attached hydrogen (secondary N) is 2. The SMILES string of the molecule is Cn1cc(CNCc2ccn[nH]2)nn1. The van der Waals surface area contributed by atoms with Gasteiger partial charge >= 0.3 is 0 Å². The van der Waals surface area contributed by atoms with Crippen LogP contribution in [0.15, 0.2) is 18.5 Å². The molecule has 2 aromatic heterocycles. The van der Waals surface area contributed by atoms with Crippen LogP contribution in [-0.4, -0.2) is 25.2 Å². The van der Waals surface area contributed by atoms with Crippen molar-refractivity contribution in [1.82, 2.24) is 30.5 Å². The van der Waals surface area contributed by atoms with E-state index in [1.54, 1.807) is 10.9 Å². The molecule has 0 spiro atoms. The van der Waals surface area contributed by atoms with Crippen LogP contribution in [0.25, 0.3) is 0 Å². The summed E-state index contributed by atoms with van der Waals surface area (Å²) in [6.45, 7) is 1.48. The van der Waals surface area contributed by atoms with Gasteiger partial charge in [0, 0.05) is 38.2 Å². The first-order valence-corrected chi connectivity index (χ1v) is 4.39. The molecule has 0 aliphatic heterocycles. The Balaban J connectivity index is 1.78. The maximum atomic E-state index is 3.96. The maximum Gasteiger partial charge on any atom is 0.0964 e. The molecule has 0 saturated carbocycles. The van der Waals surface area contributed by atoms with Crippen LogP contribution in [0, 0.1) is 0 Å². The lowest BCUT2D eigenvalue weighted by Gasteiger charge is -1.98. The molecule has 0 aliphatic carbocycles. The largest absolute Gasteiger partial charge is 0.305 e. The molecule has 0 amide bonds. The number of rotatable bonds is 4. The van der Waals surface area contributed by atoms with E-state index in [1.807, 2.05) is 19.3 Å². The fraction of sp³-hybridized carbons (Fsp3) is 0.375. The van der Waals surface area contributed by atoms with Gasteiger partial charge < -0.3 is 5.32 Å². The molecule has 0 bridgehead atoms. The van der Waals surface area contributed by atoms with Crippen LogP contribution in [0.1, 0.15) is 11.4 Å². The van der Waals surface area contributed by atoms with Gasteiger partial charge in [-0.25, -0.2) is 0 Å². The van der Waals surface area contributed by atoms with Crippen LogP contribution < -0.4 is 5.32 Å². The first-order chi connectivity index (χ1) is 6.84. The summed E-state index contributed by atoms with van der Waals surface area (Å²) < 4.78 is 1.69. The van der Waals surface area contributed by atoms with Gasteiger partial charge in [0.1, 0.15) is 0 Å². The van der Waals surface area contributed by atoms with Crippen molar-refractivity contribution in [2.75, 3.05) is 0 Å². The van der Waals surface area contributed by atoms with Gasteiger partial charge in [-0.3, -0.25) is 9.78 Å². The molecule has 0 saturated heterocycles. The molecule has 2 rings (SSSR count). The Labute approximate surface area is 81.3 Å². The standard InChI is InChI=1S/C8H12N6/c1-14-6-8(12-13-14)5-9-4-7-2-3-10-11-7/h2-3,6,9H,4-5H2,1H3,(H,10,11). The van der Waals surface area contributed by atoms with Gasteiger partial charge in [-0.15, -0.1) is 5.10 Å². The number of aryl methyl sites for hydroxylation is 1. The zero-order valence-corrected chi connectivity index (χ0v) is 7.94.